The van der Waals surface area contributed by atoms with E-state index in [0.717, 1.165) is 11.4 Å². The van der Waals surface area contributed by atoms with Gasteiger partial charge in [-0.1, -0.05) is 11.6 Å². The Labute approximate surface area is 167 Å². The summed E-state index contributed by atoms with van der Waals surface area (Å²) in [7, 11) is -2.40. The number of rotatable bonds is 5. The summed E-state index contributed by atoms with van der Waals surface area (Å²) in [4.78, 5) is 16.8. The lowest BCUT2D eigenvalue weighted by atomic mass is 10.2. The minimum absolute atomic E-state index is 0.0422. The molecule has 2 N–H and O–H groups in total. The van der Waals surface area contributed by atoms with Gasteiger partial charge in [-0.2, -0.15) is 5.10 Å². The monoisotopic (exact) mass is 419 g/mol. The molecular weight excluding hydrogens is 402 g/mol. The predicted molar refractivity (Wildman–Crippen MR) is 106 cm³/mol. The Balaban J connectivity index is 1.84. The Hall–Kier alpha value is -2.75. The third-order valence-corrected chi connectivity index (χ3v) is 5.74. The zero-order valence-electron chi connectivity index (χ0n) is 15.4. The molecule has 0 spiro atoms. The highest BCUT2D eigenvalue weighted by Gasteiger charge is 2.18. The number of anilines is 1. The summed E-state index contributed by atoms with van der Waals surface area (Å²) in [5.41, 5.74) is 2.30. The first kappa shape index (κ1) is 20.0. The van der Waals surface area contributed by atoms with Crippen molar-refractivity contribution in [3.8, 4) is 5.82 Å². The lowest BCUT2D eigenvalue weighted by Gasteiger charge is -2.10. The summed E-state index contributed by atoms with van der Waals surface area (Å²) in [5, 5.41) is 7.16. The van der Waals surface area contributed by atoms with Gasteiger partial charge in [0.2, 0.25) is 10.0 Å². The minimum atomic E-state index is -3.69. The van der Waals surface area contributed by atoms with Gasteiger partial charge >= 0.3 is 0 Å². The van der Waals surface area contributed by atoms with Gasteiger partial charge in [0.15, 0.2) is 5.82 Å². The summed E-state index contributed by atoms with van der Waals surface area (Å²) >= 11 is 6.07. The fourth-order valence-electron chi connectivity index (χ4n) is 2.61. The molecule has 1 amide bonds. The van der Waals surface area contributed by atoms with Crippen LogP contribution in [0.2, 0.25) is 5.02 Å². The quantitative estimate of drug-likeness (QED) is 0.661. The highest BCUT2D eigenvalue weighted by molar-refractivity contribution is 7.89. The fraction of sp³-hybridized carbons (Fsp3) is 0.167. The first-order chi connectivity index (χ1) is 13.2. The second kappa shape index (κ2) is 7.70. The molecule has 28 heavy (non-hydrogen) atoms. The molecule has 3 rings (SSSR count). The average Bonchev–Trinajstić information content (AvgIpc) is 3.00. The maximum atomic E-state index is 12.6. The van der Waals surface area contributed by atoms with Crippen molar-refractivity contribution in [2.75, 3.05) is 12.4 Å². The van der Waals surface area contributed by atoms with Crippen LogP contribution in [0.25, 0.3) is 5.82 Å². The Morgan fingerprint density at radius 3 is 2.46 bits per heavy atom. The summed E-state index contributed by atoms with van der Waals surface area (Å²) < 4.78 is 27.8. The average molecular weight is 420 g/mol. The Morgan fingerprint density at radius 2 is 1.89 bits per heavy atom. The fourth-order valence-corrected chi connectivity index (χ4v) is 3.57. The van der Waals surface area contributed by atoms with Crippen molar-refractivity contribution >= 4 is 33.2 Å². The van der Waals surface area contributed by atoms with Crippen molar-refractivity contribution in [2.45, 2.75) is 18.7 Å². The van der Waals surface area contributed by atoms with Crippen molar-refractivity contribution in [3.05, 3.63) is 64.6 Å². The Bertz CT molecular complexity index is 1140. The summed E-state index contributed by atoms with van der Waals surface area (Å²) in [6.07, 6.45) is 1.49. The molecular formula is C18H18ClN5O3S. The Kier molecular flexibility index (Phi) is 5.50. The molecule has 0 atom stereocenters. The highest BCUT2D eigenvalue weighted by atomic mass is 35.5. The van der Waals surface area contributed by atoms with Gasteiger partial charge in [0, 0.05) is 5.69 Å². The van der Waals surface area contributed by atoms with Crippen molar-refractivity contribution in [3.63, 3.8) is 0 Å². The zero-order chi connectivity index (χ0) is 20.5. The van der Waals surface area contributed by atoms with Gasteiger partial charge in [-0.3, -0.25) is 4.79 Å². The van der Waals surface area contributed by atoms with Gasteiger partial charge in [0.25, 0.3) is 5.91 Å². The van der Waals surface area contributed by atoms with Crippen LogP contribution < -0.4 is 10.0 Å². The standard InChI is InChI=1S/C18H18ClN5O3S/c1-11-8-12(2)24(23-11)17-7-4-13(10-21-17)22-18(25)15-9-14(5-6-16(15)19)28(26,27)20-3/h4-10,20H,1-3H3,(H,22,25). The van der Waals surface area contributed by atoms with Crippen molar-refractivity contribution in [1.82, 2.24) is 19.5 Å². The third-order valence-electron chi connectivity index (χ3n) is 3.99. The van der Waals surface area contributed by atoms with Crippen LogP contribution >= 0.6 is 11.6 Å². The number of carbonyl (C=O) groups excluding carboxylic acids is 1. The maximum Gasteiger partial charge on any atom is 0.257 e. The number of hydrogen-bond acceptors (Lipinski definition) is 5. The van der Waals surface area contributed by atoms with Crippen LogP contribution in [0, 0.1) is 13.8 Å². The number of benzene rings is 1. The summed E-state index contributed by atoms with van der Waals surface area (Å²) in [6, 6.07) is 9.25. The molecule has 0 aliphatic carbocycles. The van der Waals surface area contributed by atoms with E-state index in [1.54, 1.807) is 16.8 Å². The lowest BCUT2D eigenvalue weighted by Crippen LogP contribution is -2.20. The van der Waals surface area contributed by atoms with Gasteiger partial charge in [-0.15, -0.1) is 0 Å². The SMILES string of the molecule is CNS(=O)(=O)c1ccc(Cl)c(C(=O)Nc2ccc(-n3nc(C)cc3C)nc2)c1. The van der Waals surface area contributed by atoms with Crippen LogP contribution in [0.4, 0.5) is 5.69 Å². The number of carbonyl (C=O) groups is 1. The van der Waals surface area contributed by atoms with E-state index in [1.807, 2.05) is 19.9 Å². The molecule has 3 aromatic rings. The Morgan fingerprint density at radius 1 is 1.14 bits per heavy atom. The van der Waals surface area contributed by atoms with E-state index >= 15 is 0 Å². The first-order valence-electron chi connectivity index (χ1n) is 8.25. The number of halogens is 1. The highest BCUT2D eigenvalue weighted by Crippen LogP contribution is 2.22. The van der Waals surface area contributed by atoms with Gasteiger partial charge in [0.1, 0.15) is 0 Å². The topological polar surface area (TPSA) is 106 Å². The summed E-state index contributed by atoms with van der Waals surface area (Å²) in [6.45, 7) is 3.82. The van der Waals surface area contributed by atoms with Crippen molar-refractivity contribution in [2.24, 2.45) is 0 Å². The second-order valence-corrected chi connectivity index (χ2v) is 8.34. The van der Waals surface area contributed by atoms with Gasteiger partial charge in [-0.25, -0.2) is 22.8 Å². The van der Waals surface area contributed by atoms with E-state index in [2.05, 4.69) is 20.1 Å². The molecule has 0 bridgehead atoms. The van der Waals surface area contributed by atoms with E-state index in [4.69, 9.17) is 11.6 Å². The van der Waals surface area contributed by atoms with Crippen LogP contribution in [0.1, 0.15) is 21.7 Å². The van der Waals surface area contributed by atoms with Crippen LogP contribution in [-0.2, 0) is 10.0 Å². The molecule has 146 valence electrons. The van der Waals surface area contributed by atoms with E-state index < -0.39 is 15.9 Å². The number of nitrogens with zero attached hydrogens (tertiary/aromatic N) is 3. The molecule has 8 nitrogen and oxygen atoms in total. The lowest BCUT2D eigenvalue weighted by molar-refractivity contribution is 0.102. The zero-order valence-corrected chi connectivity index (χ0v) is 17.0. The molecule has 2 aromatic heterocycles. The molecule has 1 aromatic carbocycles. The van der Waals surface area contributed by atoms with E-state index in [-0.39, 0.29) is 15.5 Å². The molecule has 0 radical (unpaired) electrons. The number of hydrogen-bond donors (Lipinski definition) is 2. The van der Waals surface area contributed by atoms with E-state index in [9.17, 15) is 13.2 Å². The van der Waals surface area contributed by atoms with Gasteiger partial charge < -0.3 is 5.32 Å². The molecule has 10 heteroatoms. The number of aromatic nitrogens is 3. The van der Waals surface area contributed by atoms with Crippen LogP contribution in [0.3, 0.4) is 0 Å². The van der Waals surface area contributed by atoms with Crippen LogP contribution in [0.15, 0.2) is 47.5 Å². The molecule has 0 saturated carbocycles. The number of aryl methyl sites for hydroxylation is 2. The number of pyridine rings is 1. The largest absolute Gasteiger partial charge is 0.321 e. The smallest absolute Gasteiger partial charge is 0.257 e. The molecule has 0 aliphatic heterocycles. The molecule has 0 fully saturated rings. The molecule has 0 aliphatic rings. The number of amides is 1. The van der Waals surface area contributed by atoms with E-state index in [1.165, 1.54) is 31.4 Å². The number of nitrogens with one attached hydrogen (secondary N) is 2. The van der Waals surface area contributed by atoms with E-state index in [0.29, 0.717) is 11.5 Å². The molecule has 0 unspecified atom stereocenters. The molecule has 0 saturated heterocycles. The van der Waals surface area contributed by atoms with Gasteiger partial charge in [-0.05, 0) is 57.3 Å². The first-order valence-corrected chi connectivity index (χ1v) is 10.1. The second-order valence-electron chi connectivity index (χ2n) is 6.05. The third kappa shape index (κ3) is 4.06. The van der Waals surface area contributed by atoms with Gasteiger partial charge in [0.05, 0.1) is 33.1 Å². The van der Waals surface area contributed by atoms with Crippen molar-refractivity contribution < 1.29 is 13.2 Å². The maximum absolute atomic E-state index is 12.6. The number of sulfonamides is 1. The molecule has 2 heterocycles. The minimum Gasteiger partial charge on any atom is -0.321 e. The normalized spacial score (nSPS) is 11.4. The summed E-state index contributed by atoms with van der Waals surface area (Å²) in [5.74, 6) is 0.0718. The van der Waals surface area contributed by atoms with Crippen molar-refractivity contribution in [1.29, 1.82) is 0 Å². The van der Waals surface area contributed by atoms with Crippen LogP contribution in [-0.4, -0.2) is 36.1 Å². The predicted octanol–water partition coefficient (Wildman–Crippen LogP) is 2.70. The van der Waals surface area contributed by atoms with Crippen LogP contribution in [0.5, 0.6) is 0 Å².